The summed E-state index contributed by atoms with van der Waals surface area (Å²) in [5.41, 5.74) is 2.44. The Hall–Kier alpha value is -3.95. The van der Waals surface area contributed by atoms with Gasteiger partial charge in [0.15, 0.2) is 8.32 Å². The summed E-state index contributed by atoms with van der Waals surface area (Å²) in [6, 6.07) is 26.2. The smallest absolute Gasteiger partial charge is 0.420 e. The van der Waals surface area contributed by atoms with Gasteiger partial charge in [-0.15, -0.1) is 0 Å². The summed E-state index contributed by atoms with van der Waals surface area (Å²) >= 11 is 0. The zero-order valence-corrected chi connectivity index (χ0v) is 26.9. The molecule has 8 nitrogen and oxygen atoms in total. The maximum atomic E-state index is 13.9. The predicted octanol–water partition coefficient (Wildman–Crippen LogP) is 7.15. The Morgan fingerprint density at radius 1 is 0.791 bits per heavy atom. The Morgan fingerprint density at radius 3 is 1.63 bits per heavy atom. The van der Waals surface area contributed by atoms with Gasteiger partial charge in [0.25, 0.3) is 0 Å². The van der Waals surface area contributed by atoms with Crippen LogP contribution in [0.1, 0.15) is 44.4 Å². The number of ether oxygens (including phenoxy) is 2. The van der Waals surface area contributed by atoms with Crippen LogP contribution in [-0.2, 0) is 38.5 Å². The van der Waals surface area contributed by atoms with Gasteiger partial charge in [0.05, 0.1) is 12.1 Å². The van der Waals surface area contributed by atoms with Gasteiger partial charge < -0.3 is 18.8 Å². The molecule has 0 unspecified atom stereocenters. The van der Waals surface area contributed by atoms with E-state index < -0.39 is 38.7 Å². The van der Waals surface area contributed by atoms with E-state index in [2.05, 4.69) is 33.9 Å². The Balaban J connectivity index is 1.64. The van der Waals surface area contributed by atoms with Crippen molar-refractivity contribution in [2.75, 3.05) is 0 Å². The molecule has 1 aliphatic heterocycles. The zero-order valence-electron chi connectivity index (χ0n) is 25.9. The molecule has 0 bridgehead atoms. The minimum absolute atomic E-state index is 0.0581. The molecule has 0 saturated carbocycles. The lowest BCUT2D eigenvalue weighted by molar-refractivity contribution is -0.165. The summed E-state index contributed by atoms with van der Waals surface area (Å²) in [5, 5.41) is -0.0856. The number of amides is 3. The molecule has 1 aliphatic rings. The van der Waals surface area contributed by atoms with Gasteiger partial charge in [-0.3, -0.25) is 4.79 Å². The molecule has 0 aliphatic carbocycles. The average molecular weight is 603 g/mol. The number of nitrogens with zero attached hydrogens (tertiary/aromatic N) is 2. The van der Waals surface area contributed by atoms with Crippen molar-refractivity contribution < 1.29 is 28.3 Å². The molecule has 0 N–H and O–H groups in total. The Bertz CT molecular complexity index is 1320. The molecule has 43 heavy (non-hydrogen) atoms. The molecule has 1 saturated heterocycles. The quantitative estimate of drug-likeness (QED) is 0.181. The highest BCUT2D eigenvalue weighted by Crippen LogP contribution is 2.40. The van der Waals surface area contributed by atoms with Crippen molar-refractivity contribution >= 4 is 26.4 Å². The molecule has 4 rings (SSSR count). The third kappa shape index (κ3) is 7.72. The van der Waals surface area contributed by atoms with Gasteiger partial charge in [0.1, 0.15) is 19.3 Å². The molecule has 3 aromatic carbocycles. The maximum Gasteiger partial charge on any atom is 0.420 e. The Morgan fingerprint density at radius 2 is 1.21 bits per heavy atom. The van der Waals surface area contributed by atoms with Crippen LogP contribution in [0.4, 0.5) is 9.59 Å². The monoisotopic (exact) mass is 602 g/mol. The predicted molar refractivity (Wildman–Crippen MR) is 167 cm³/mol. The number of likely N-dealkylation sites (tertiary alicyclic amines) is 1. The number of benzene rings is 3. The Kier molecular flexibility index (Phi) is 10.1. The van der Waals surface area contributed by atoms with Crippen molar-refractivity contribution in [1.82, 2.24) is 9.80 Å². The molecule has 1 fully saturated rings. The average Bonchev–Trinajstić information content (AvgIpc) is 2.98. The van der Waals surface area contributed by atoms with Gasteiger partial charge in [-0.2, -0.15) is 4.90 Å². The fourth-order valence-electron chi connectivity index (χ4n) is 4.88. The molecule has 3 amide bonds. The molecule has 9 heteroatoms. The highest BCUT2D eigenvalue weighted by atomic mass is 28.4. The molecule has 3 aromatic rings. The first-order chi connectivity index (χ1) is 20.4. The van der Waals surface area contributed by atoms with Gasteiger partial charge in [0, 0.05) is 6.54 Å². The summed E-state index contributed by atoms with van der Waals surface area (Å²) in [7, 11) is -2.28. The number of carbonyl (C=O) groups excluding carboxylic acids is 3. The van der Waals surface area contributed by atoms with Crippen LogP contribution in [0.3, 0.4) is 0 Å². The lowest BCUT2D eigenvalue weighted by Gasteiger charge is -2.53. The second-order valence-electron chi connectivity index (χ2n) is 12.4. The summed E-state index contributed by atoms with van der Waals surface area (Å²) in [6.45, 7) is 12.8. The lowest BCUT2D eigenvalue weighted by Crippen LogP contribution is -2.75. The molecular formula is C34H42N2O6Si. The van der Waals surface area contributed by atoms with E-state index >= 15 is 0 Å². The van der Waals surface area contributed by atoms with Gasteiger partial charge in [0.2, 0.25) is 5.91 Å². The van der Waals surface area contributed by atoms with Crippen LogP contribution < -0.4 is 0 Å². The standard InChI is InChI=1S/C34H42N2O6Si/c1-25(42-43(5,6)34(2,3)4)29-30(31(37)35(29)22-26-16-10-7-11-17-26)36(32(38)40-23-27-18-12-8-13-19-27)33(39)41-24-28-20-14-9-15-21-28/h7-21,25,29-30H,22-24H2,1-6H3/t25-,29+,30-/m0/s1. The SMILES string of the molecule is C[C@H](O[Si](C)(C)C(C)(C)C)[C@@H]1[C@H](N(C(=O)OCc2ccccc2)C(=O)OCc2ccccc2)C(=O)N1Cc1ccccc1. The van der Waals surface area contributed by atoms with Crippen LogP contribution in [0.15, 0.2) is 91.0 Å². The summed E-state index contributed by atoms with van der Waals surface area (Å²) in [5.74, 6) is -0.368. The van der Waals surface area contributed by atoms with Crippen molar-refractivity contribution in [3.05, 3.63) is 108 Å². The second kappa shape index (κ2) is 13.6. The van der Waals surface area contributed by atoms with E-state index in [-0.39, 0.29) is 24.2 Å². The first-order valence-electron chi connectivity index (χ1n) is 14.6. The number of β-lactam (4-membered cyclic amide) rings is 1. The van der Waals surface area contributed by atoms with Gasteiger partial charge in [-0.05, 0) is 41.7 Å². The maximum absolute atomic E-state index is 13.9. The highest BCUT2D eigenvalue weighted by Gasteiger charge is 2.58. The van der Waals surface area contributed by atoms with Crippen molar-refractivity contribution in [2.24, 2.45) is 0 Å². The minimum atomic E-state index is -2.28. The number of carbonyl (C=O) groups is 3. The van der Waals surface area contributed by atoms with E-state index in [9.17, 15) is 14.4 Å². The van der Waals surface area contributed by atoms with Gasteiger partial charge in [-0.25, -0.2) is 9.59 Å². The molecule has 3 atom stereocenters. The van der Waals surface area contributed by atoms with E-state index in [0.29, 0.717) is 6.54 Å². The van der Waals surface area contributed by atoms with Crippen molar-refractivity contribution in [3.8, 4) is 0 Å². The topological polar surface area (TPSA) is 85.4 Å². The highest BCUT2D eigenvalue weighted by molar-refractivity contribution is 6.74. The van der Waals surface area contributed by atoms with E-state index in [1.165, 1.54) is 0 Å². The number of rotatable bonds is 10. The number of imide groups is 1. The van der Waals surface area contributed by atoms with E-state index in [0.717, 1.165) is 21.6 Å². The fraction of sp³-hybridized carbons (Fsp3) is 0.382. The van der Waals surface area contributed by atoms with Crippen molar-refractivity contribution in [2.45, 2.75) is 83.8 Å². The minimum Gasteiger partial charge on any atom is -0.444 e. The van der Waals surface area contributed by atoms with E-state index in [1.54, 1.807) is 4.90 Å². The van der Waals surface area contributed by atoms with E-state index in [1.807, 2.05) is 97.9 Å². The molecule has 0 aromatic heterocycles. The van der Waals surface area contributed by atoms with Crippen LogP contribution in [0.25, 0.3) is 0 Å². The van der Waals surface area contributed by atoms with Crippen LogP contribution in [0.5, 0.6) is 0 Å². The lowest BCUT2D eigenvalue weighted by atomic mass is 9.89. The molecular weight excluding hydrogens is 560 g/mol. The number of hydrogen-bond acceptors (Lipinski definition) is 6. The van der Waals surface area contributed by atoms with Crippen LogP contribution >= 0.6 is 0 Å². The fourth-order valence-corrected chi connectivity index (χ4v) is 6.30. The number of hydrogen-bond donors (Lipinski definition) is 0. The molecule has 0 radical (unpaired) electrons. The summed E-state index contributed by atoms with van der Waals surface area (Å²) in [4.78, 5) is 43.6. The third-order valence-corrected chi connectivity index (χ3v) is 12.8. The van der Waals surface area contributed by atoms with E-state index in [4.69, 9.17) is 13.9 Å². The first-order valence-corrected chi connectivity index (χ1v) is 17.5. The Labute approximate surface area is 255 Å². The molecule has 228 valence electrons. The summed E-state index contributed by atoms with van der Waals surface area (Å²) < 4.78 is 17.9. The molecule has 0 spiro atoms. The zero-order chi connectivity index (χ0) is 31.2. The normalized spacial score (nSPS) is 17.5. The van der Waals surface area contributed by atoms with Crippen LogP contribution in [0, 0.1) is 0 Å². The van der Waals surface area contributed by atoms with Gasteiger partial charge in [-0.1, -0.05) is 112 Å². The molecule has 1 heterocycles. The summed E-state index contributed by atoms with van der Waals surface area (Å²) in [6.07, 6.45) is -2.35. The van der Waals surface area contributed by atoms with Crippen LogP contribution in [-0.4, -0.2) is 54.4 Å². The second-order valence-corrected chi connectivity index (χ2v) is 17.2. The largest absolute Gasteiger partial charge is 0.444 e. The van der Waals surface area contributed by atoms with Gasteiger partial charge >= 0.3 is 12.2 Å². The van der Waals surface area contributed by atoms with Crippen LogP contribution in [0.2, 0.25) is 18.1 Å². The van der Waals surface area contributed by atoms with Crippen molar-refractivity contribution in [3.63, 3.8) is 0 Å². The third-order valence-electron chi connectivity index (χ3n) is 8.26. The first kappa shape index (κ1) is 32.0. The van der Waals surface area contributed by atoms with Crippen molar-refractivity contribution in [1.29, 1.82) is 0 Å².